The van der Waals surface area contributed by atoms with E-state index in [9.17, 15) is 9.59 Å². The first-order valence-electron chi connectivity index (χ1n) is 8.50. The monoisotopic (exact) mass is 391 g/mol. The summed E-state index contributed by atoms with van der Waals surface area (Å²) in [5.41, 5.74) is 3.65. The van der Waals surface area contributed by atoms with Crippen molar-refractivity contribution in [3.05, 3.63) is 70.7 Å². The fourth-order valence-corrected chi connectivity index (χ4v) is 3.32. The Kier molecular flexibility index (Phi) is 6.14. The second-order valence-corrected chi connectivity index (χ2v) is 6.95. The molecule has 6 nitrogen and oxygen atoms in total. The van der Waals surface area contributed by atoms with Crippen LogP contribution in [-0.2, 0) is 20.7 Å². The molecule has 0 saturated heterocycles. The van der Waals surface area contributed by atoms with Crippen molar-refractivity contribution in [1.82, 2.24) is 4.98 Å². The quantitative estimate of drug-likeness (QED) is 0.647. The van der Waals surface area contributed by atoms with E-state index in [2.05, 4.69) is 10.3 Å². The minimum atomic E-state index is -0.526. The fraction of sp³-hybridized carbons (Fsp3) is 0.143. The lowest BCUT2D eigenvalue weighted by Crippen LogP contribution is -2.21. The van der Waals surface area contributed by atoms with Crippen molar-refractivity contribution >= 4 is 28.9 Å². The molecule has 0 fully saturated rings. The Morgan fingerprint density at radius 3 is 2.82 bits per heavy atom. The number of hydrogen-bond donors (Lipinski definition) is 1. The Labute approximate surface area is 166 Å². The van der Waals surface area contributed by atoms with Gasteiger partial charge in [-0.15, -0.1) is 11.3 Å². The highest BCUT2D eigenvalue weighted by molar-refractivity contribution is 7.13. The fourth-order valence-electron chi connectivity index (χ4n) is 2.51. The number of nitriles is 1. The highest BCUT2D eigenvalue weighted by Crippen LogP contribution is 2.24. The number of nitrogens with one attached hydrogen (secondary N) is 1. The largest absolute Gasteiger partial charge is 0.455 e. The molecule has 0 unspecified atom stereocenters. The number of benzene rings is 2. The number of anilines is 1. The first-order chi connectivity index (χ1) is 13.5. The van der Waals surface area contributed by atoms with E-state index in [0.29, 0.717) is 16.9 Å². The van der Waals surface area contributed by atoms with Crippen LogP contribution in [0.4, 0.5) is 5.69 Å². The van der Waals surface area contributed by atoms with E-state index in [4.69, 9.17) is 10.00 Å². The third-order valence-electron chi connectivity index (χ3n) is 3.78. The van der Waals surface area contributed by atoms with Crippen LogP contribution in [0.25, 0.3) is 10.6 Å². The zero-order valence-electron chi connectivity index (χ0n) is 15.1. The Hall–Kier alpha value is -3.50. The molecule has 0 aliphatic rings. The number of rotatable bonds is 6. The van der Waals surface area contributed by atoms with Gasteiger partial charge in [0, 0.05) is 16.6 Å². The Bertz CT molecular complexity index is 1050. The second kappa shape index (κ2) is 8.93. The number of carbonyl (C=O) groups excluding carboxylic acids is 2. The first kappa shape index (κ1) is 19.3. The third-order valence-corrected chi connectivity index (χ3v) is 4.72. The summed E-state index contributed by atoms with van der Waals surface area (Å²) in [6.07, 6.45) is -0.000483. The molecular formula is C21H17N3O3S. The van der Waals surface area contributed by atoms with Crippen molar-refractivity contribution in [3.63, 3.8) is 0 Å². The number of nitrogens with zero attached hydrogens (tertiary/aromatic N) is 2. The van der Waals surface area contributed by atoms with E-state index < -0.39 is 18.5 Å². The lowest BCUT2D eigenvalue weighted by molar-refractivity contribution is -0.146. The molecule has 28 heavy (non-hydrogen) atoms. The van der Waals surface area contributed by atoms with E-state index in [-0.39, 0.29) is 6.42 Å². The number of thiazole rings is 1. The van der Waals surface area contributed by atoms with E-state index in [1.54, 1.807) is 24.3 Å². The second-order valence-electron chi connectivity index (χ2n) is 6.09. The molecule has 0 spiro atoms. The number of amides is 1. The van der Waals surface area contributed by atoms with Crippen LogP contribution in [0, 0.1) is 18.3 Å². The summed E-state index contributed by atoms with van der Waals surface area (Å²) in [7, 11) is 0. The van der Waals surface area contributed by atoms with E-state index >= 15 is 0 Å². The van der Waals surface area contributed by atoms with Crippen LogP contribution in [-0.4, -0.2) is 23.5 Å². The third kappa shape index (κ3) is 5.25. The van der Waals surface area contributed by atoms with Crippen LogP contribution in [0.3, 0.4) is 0 Å². The minimum Gasteiger partial charge on any atom is -0.455 e. The summed E-state index contributed by atoms with van der Waals surface area (Å²) in [4.78, 5) is 28.4. The summed E-state index contributed by atoms with van der Waals surface area (Å²) >= 11 is 1.46. The van der Waals surface area contributed by atoms with Gasteiger partial charge in [0.2, 0.25) is 0 Å². The van der Waals surface area contributed by atoms with Crippen LogP contribution in [0.2, 0.25) is 0 Å². The van der Waals surface area contributed by atoms with Gasteiger partial charge in [-0.25, -0.2) is 4.98 Å². The molecule has 7 heteroatoms. The Morgan fingerprint density at radius 1 is 1.21 bits per heavy atom. The summed E-state index contributed by atoms with van der Waals surface area (Å²) in [5.74, 6) is -0.996. The number of hydrogen-bond acceptors (Lipinski definition) is 6. The van der Waals surface area contributed by atoms with Crippen LogP contribution < -0.4 is 5.32 Å². The van der Waals surface area contributed by atoms with Crippen molar-refractivity contribution in [2.24, 2.45) is 0 Å². The van der Waals surface area contributed by atoms with Gasteiger partial charge < -0.3 is 10.1 Å². The van der Waals surface area contributed by atoms with Crippen molar-refractivity contribution in [2.45, 2.75) is 13.3 Å². The van der Waals surface area contributed by atoms with Gasteiger partial charge in [0.1, 0.15) is 5.01 Å². The minimum absolute atomic E-state index is 0.000483. The molecule has 3 rings (SSSR count). The van der Waals surface area contributed by atoms with Gasteiger partial charge in [0.05, 0.1) is 23.7 Å². The van der Waals surface area contributed by atoms with Crippen LogP contribution >= 0.6 is 11.3 Å². The molecule has 3 aromatic rings. The summed E-state index contributed by atoms with van der Waals surface area (Å²) in [5, 5.41) is 14.1. The highest BCUT2D eigenvalue weighted by atomic mass is 32.1. The molecule has 0 aliphatic carbocycles. The van der Waals surface area contributed by atoms with Crippen LogP contribution in [0.5, 0.6) is 0 Å². The van der Waals surface area contributed by atoms with E-state index in [1.165, 1.54) is 11.3 Å². The number of esters is 1. The van der Waals surface area contributed by atoms with Gasteiger partial charge in [-0.1, -0.05) is 29.8 Å². The standard InChI is InChI=1S/C21H17N3O3S/c1-14-4-2-6-16(8-14)21-24-18(13-28-21)10-20(26)27-12-19(25)23-17-7-3-5-15(9-17)11-22/h2-9,13H,10,12H2,1H3,(H,23,25). The average Bonchev–Trinajstić information content (AvgIpc) is 3.15. The van der Waals surface area contributed by atoms with Crippen LogP contribution in [0.1, 0.15) is 16.8 Å². The smallest absolute Gasteiger partial charge is 0.312 e. The molecule has 0 atom stereocenters. The van der Waals surface area contributed by atoms with Crippen molar-refractivity contribution in [1.29, 1.82) is 5.26 Å². The zero-order chi connectivity index (χ0) is 19.9. The number of carbonyl (C=O) groups is 2. The van der Waals surface area contributed by atoms with Gasteiger partial charge in [-0.05, 0) is 31.2 Å². The lowest BCUT2D eigenvalue weighted by Gasteiger charge is -2.06. The highest BCUT2D eigenvalue weighted by Gasteiger charge is 2.12. The van der Waals surface area contributed by atoms with Gasteiger partial charge in [-0.3, -0.25) is 9.59 Å². The van der Waals surface area contributed by atoms with Gasteiger partial charge >= 0.3 is 5.97 Å². The predicted molar refractivity (Wildman–Crippen MR) is 107 cm³/mol. The SMILES string of the molecule is Cc1cccc(-c2nc(CC(=O)OCC(=O)Nc3cccc(C#N)c3)cs2)c1. The summed E-state index contributed by atoms with van der Waals surface area (Å²) in [6.45, 7) is 1.61. The molecule has 0 saturated carbocycles. The molecule has 0 aliphatic heterocycles. The molecule has 1 N–H and O–H groups in total. The van der Waals surface area contributed by atoms with Crippen molar-refractivity contribution in [3.8, 4) is 16.6 Å². The van der Waals surface area contributed by atoms with Gasteiger partial charge in [0.25, 0.3) is 5.91 Å². The maximum Gasteiger partial charge on any atom is 0.312 e. The van der Waals surface area contributed by atoms with Gasteiger partial charge in [0.15, 0.2) is 6.61 Å². The normalized spacial score (nSPS) is 10.1. The Balaban J connectivity index is 1.50. The summed E-state index contributed by atoms with van der Waals surface area (Å²) < 4.78 is 5.02. The van der Waals surface area contributed by atoms with E-state index in [0.717, 1.165) is 16.1 Å². The molecule has 1 aromatic heterocycles. The topological polar surface area (TPSA) is 92.1 Å². The molecule has 0 radical (unpaired) electrons. The average molecular weight is 391 g/mol. The number of ether oxygens (including phenoxy) is 1. The van der Waals surface area contributed by atoms with Crippen molar-refractivity contribution < 1.29 is 14.3 Å². The first-order valence-corrected chi connectivity index (χ1v) is 9.38. The molecule has 1 amide bonds. The zero-order valence-corrected chi connectivity index (χ0v) is 16.0. The van der Waals surface area contributed by atoms with Crippen LogP contribution in [0.15, 0.2) is 53.9 Å². The maximum absolute atomic E-state index is 12.0. The maximum atomic E-state index is 12.0. The predicted octanol–water partition coefficient (Wildman–Crippen LogP) is 3.71. The molecule has 2 aromatic carbocycles. The molecular weight excluding hydrogens is 374 g/mol. The van der Waals surface area contributed by atoms with Gasteiger partial charge in [-0.2, -0.15) is 5.26 Å². The van der Waals surface area contributed by atoms with E-state index in [1.807, 2.05) is 42.6 Å². The van der Waals surface area contributed by atoms with Crippen molar-refractivity contribution in [2.75, 3.05) is 11.9 Å². The Morgan fingerprint density at radius 2 is 2.04 bits per heavy atom. The molecule has 1 heterocycles. The number of aromatic nitrogens is 1. The molecule has 140 valence electrons. The lowest BCUT2D eigenvalue weighted by atomic mass is 10.1. The summed E-state index contributed by atoms with van der Waals surface area (Å²) in [6, 6.07) is 16.5. The number of aryl methyl sites for hydroxylation is 1. The molecule has 0 bridgehead atoms.